The average molecular weight is 387 g/mol. The van der Waals surface area contributed by atoms with E-state index >= 15 is 0 Å². The van der Waals surface area contributed by atoms with Crippen LogP contribution in [-0.4, -0.2) is 41.3 Å². The topological polar surface area (TPSA) is 52.6 Å². The summed E-state index contributed by atoms with van der Waals surface area (Å²) in [6.07, 6.45) is 0. The normalized spacial score (nSPS) is 10.7. The van der Waals surface area contributed by atoms with Crippen molar-refractivity contribution in [3.05, 3.63) is 35.4 Å². The maximum Gasteiger partial charge on any atom is 0.339 e. The lowest BCUT2D eigenvalue weighted by Crippen LogP contribution is -2.17. The Morgan fingerprint density at radius 2 is 1.04 bits per heavy atom. The molecule has 1 aromatic carbocycles. The van der Waals surface area contributed by atoms with Crippen molar-refractivity contribution in [3.63, 3.8) is 0 Å². The Balaban J connectivity index is 2.56. The van der Waals surface area contributed by atoms with Gasteiger partial charge in [-0.25, -0.2) is 9.59 Å². The number of carbonyl (C=O) groups excluding carboxylic acids is 2. The number of carbonyl (C=O) groups is 2. The Bertz CT molecular complexity index is 694. The van der Waals surface area contributed by atoms with Gasteiger partial charge in [-0.15, -0.1) is 11.1 Å². The summed E-state index contributed by atoms with van der Waals surface area (Å²) in [4.78, 5) is 23.9. The second-order valence-electron chi connectivity index (χ2n) is 7.83. The minimum absolute atomic E-state index is 0.0721. The molecular formula is C20H26O4Si2. The summed E-state index contributed by atoms with van der Waals surface area (Å²) < 4.78 is 10.2. The molecule has 0 unspecified atom stereocenters. The molecule has 0 spiro atoms. The number of hydrogen-bond acceptors (Lipinski definition) is 4. The van der Waals surface area contributed by atoms with Crippen LogP contribution >= 0.6 is 0 Å². The van der Waals surface area contributed by atoms with Crippen molar-refractivity contribution in [3.8, 4) is 22.9 Å². The van der Waals surface area contributed by atoms with Gasteiger partial charge in [0.25, 0.3) is 0 Å². The Labute approximate surface area is 158 Å². The van der Waals surface area contributed by atoms with Crippen LogP contribution in [0.15, 0.2) is 24.3 Å². The molecule has 0 aliphatic carbocycles. The molecule has 1 aromatic rings. The Morgan fingerprint density at radius 3 is 1.31 bits per heavy atom. The van der Waals surface area contributed by atoms with Gasteiger partial charge >= 0.3 is 11.9 Å². The van der Waals surface area contributed by atoms with E-state index in [1.165, 1.54) is 0 Å². The lowest BCUT2D eigenvalue weighted by molar-refractivity contribution is 0.0542. The van der Waals surface area contributed by atoms with E-state index in [1.807, 2.05) is 0 Å². The summed E-state index contributed by atoms with van der Waals surface area (Å²) in [5, 5.41) is 0. The van der Waals surface area contributed by atoms with Crippen LogP contribution in [-0.2, 0) is 9.47 Å². The van der Waals surface area contributed by atoms with Crippen LogP contribution in [0.2, 0.25) is 39.3 Å². The van der Waals surface area contributed by atoms with Crippen molar-refractivity contribution in [1.29, 1.82) is 0 Å². The first kappa shape index (κ1) is 21.8. The zero-order chi connectivity index (χ0) is 19.8. The molecule has 0 atom stereocenters. The predicted molar refractivity (Wildman–Crippen MR) is 109 cm³/mol. The number of rotatable bonds is 4. The molecule has 138 valence electrons. The minimum atomic E-state index is -1.46. The first-order valence-corrected chi connectivity index (χ1v) is 15.4. The van der Waals surface area contributed by atoms with Crippen LogP contribution in [0.5, 0.6) is 0 Å². The summed E-state index contributed by atoms with van der Waals surface area (Å²) in [6.45, 7) is 12.9. The van der Waals surface area contributed by atoms with Gasteiger partial charge in [-0.05, 0) is 24.3 Å². The second-order valence-corrected chi connectivity index (χ2v) is 17.3. The van der Waals surface area contributed by atoms with Gasteiger partial charge in [0.15, 0.2) is 13.2 Å². The van der Waals surface area contributed by atoms with Gasteiger partial charge in [0.05, 0.1) is 11.1 Å². The van der Waals surface area contributed by atoms with E-state index in [-0.39, 0.29) is 13.2 Å². The molecule has 0 saturated carbocycles. The second kappa shape index (κ2) is 9.42. The fraction of sp³-hybridized carbons (Fsp3) is 0.400. The fourth-order valence-electron chi connectivity index (χ4n) is 1.71. The van der Waals surface area contributed by atoms with Gasteiger partial charge in [0, 0.05) is 0 Å². The molecule has 0 aromatic heterocycles. The first-order valence-electron chi connectivity index (χ1n) is 8.42. The molecule has 0 saturated heterocycles. The van der Waals surface area contributed by atoms with Crippen LogP contribution in [0.1, 0.15) is 20.7 Å². The smallest absolute Gasteiger partial charge is 0.339 e. The summed E-state index contributed by atoms with van der Waals surface area (Å²) >= 11 is 0. The Morgan fingerprint density at radius 1 is 0.731 bits per heavy atom. The molecule has 4 nitrogen and oxygen atoms in total. The van der Waals surface area contributed by atoms with E-state index in [4.69, 9.17) is 9.47 Å². The predicted octanol–water partition coefficient (Wildman–Crippen LogP) is 3.76. The summed E-state index contributed by atoms with van der Waals surface area (Å²) in [5.74, 6) is 4.83. The highest BCUT2D eigenvalue weighted by Gasteiger charge is 2.11. The number of esters is 2. The monoisotopic (exact) mass is 386 g/mol. The highest BCUT2D eigenvalue weighted by molar-refractivity contribution is 6.84. The number of ether oxygens (including phenoxy) is 2. The molecule has 0 aliphatic rings. The maximum absolute atomic E-state index is 11.9. The number of hydrogen-bond donors (Lipinski definition) is 0. The third-order valence-corrected chi connectivity index (χ3v) is 4.69. The molecule has 6 heteroatoms. The van der Waals surface area contributed by atoms with E-state index in [2.05, 4.69) is 62.2 Å². The van der Waals surface area contributed by atoms with Crippen molar-refractivity contribution in [1.82, 2.24) is 0 Å². The zero-order valence-electron chi connectivity index (χ0n) is 16.4. The minimum Gasteiger partial charge on any atom is -0.449 e. The van der Waals surface area contributed by atoms with E-state index in [0.29, 0.717) is 11.1 Å². The van der Waals surface area contributed by atoms with Gasteiger partial charge in [-0.1, -0.05) is 51.1 Å². The van der Waals surface area contributed by atoms with Crippen molar-refractivity contribution in [2.45, 2.75) is 39.3 Å². The third kappa shape index (κ3) is 9.26. The van der Waals surface area contributed by atoms with Crippen LogP contribution in [0, 0.1) is 22.9 Å². The summed E-state index contributed by atoms with van der Waals surface area (Å²) in [6, 6.07) is 6.16. The van der Waals surface area contributed by atoms with Gasteiger partial charge in [0.1, 0.15) is 16.1 Å². The number of benzene rings is 1. The van der Waals surface area contributed by atoms with Gasteiger partial charge in [0.2, 0.25) is 0 Å². The molecule has 0 aliphatic heterocycles. The molecule has 1 rings (SSSR count). The van der Waals surface area contributed by atoms with Gasteiger partial charge in [-0.3, -0.25) is 0 Å². The molecule has 0 N–H and O–H groups in total. The Kier molecular flexibility index (Phi) is 7.88. The van der Waals surface area contributed by atoms with E-state index < -0.39 is 28.1 Å². The van der Waals surface area contributed by atoms with E-state index in [0.717, 1.165) is 0 Å². The summed E-state index contributed by atoms with van der Waals surface area (Å²) in [7, 11) is -2.93. The summed E-state index contributed by atoms with van der Waals surface area (Å²) in [5.41, 5.74) is 7.00. The van der Waals surface area contributed by atoms with Crippen LogP contribution in [0.3, 0.4) is 0 Å². The largest absolute Gasteiger partial charge is 0.449 e. The van der Waals surface area contributed by atoms with Crippen molar-refractivity contribution >= 4 is 28.1 Å². The van der Waals surface area contributed by atoms with Crippen molar-refractivity contribution < 1.29 is 19.1 Å². The quantitative estimate of drug-likeness (QED) is 0.449. The van der Waals surface area contributed by atoms with E-state index in [9.17, 15) is 9.59 Å². The molecule has 26 heavy (non-hydrogen) atoms. The SMILES string of the molecule is C[Si](C)(C)C#CCOC(=O)c1ccc(C(=O)OCC#C[Si](C)(C)C)cc1. The molecule has 0 bridgehead atoms. The lowest BCUT2D eigenvalue weighted by Gasteiger charge is -2.05. The first-order chi connectivity index (χ1) is 12.0. The third-order valence-electron chi connectivity index (χ3n) is 2.83. The molecule has 0 fully saturated rings. The molecule has 0 radical (unpaired) electrons. The average Bonchev–Trinajstić information content (AvgIpc) is 2.53. The molecule has 0 heterocycles. The van der Waals surface area contributed by atoms with Crippen molar-refractivity contribution in [2.24, 2.45) is 0 Å². The standard InChI is InChI=1S/C20H26O4Si2/c1-25(2,3)15-7-13-23-19(21)17-9-11-18(12-10-17)20(22)24-14-8-16-26(4,5)6/h9-12H,13-14H2,1-6H3. The van der Waals surface area contributed by atoms with Crippen LogP contribution < -0.4 is 0 Å². The van der Waals surface area contributed by atoms with Gasteiger partial charge < -0.3 is 9.47 Å². The molecular weight excluding hydrogens is 360 g/mol. The fourth-order valence-corrected chi connectivity index (χ4v) is 2.92. The maximum atomic E-state index is 11.9. The van der Waals surface area contributed by atoms with E-state index in [1.54, 1.807) is 24.3 Å². The highest BCUT2D eigenvalue weighted by Crippen LogP contribution is 2.07. The van der Waals surface area contributed by atoms with Gasteiger partial charge in [-0.2, -0.15) is 0 Å². The van der Waals surface area contributed by atoms with Crippen molar-refractivity contribution in [2.75, 3.05) is 13.2 Å². The Hall–Kier alpha value is -2.29. The zero-order valence-corrected chi connectivity index (χ0v) is 18.4. The van der Waals surface area contributed by atoms with Crippen LogP contribution in [0.25, 0.3) is 0 Å². The molecule has 0 amide bonds. The lowest BCUT2D eigenvalue weighted by atomic mass is 10.1. The highest BCUT2D eigenvalue weighted by atomic mass is 28.3. The van der Waals surface area contributed by atoms with Crippen LogP contribution in [0.4, 0.5) is 0 Å².